The van der Waals surface area contributed by atoms with Crippen LogP contribution in [0.2, 0.25) is 0 Å². The maximum Gasteiger partial charge on any atom is 0.166 e. The predicted octanol–water partition coefficient (Wildman–Crippen LogP) is 4.36. The standard InChI is InChI=1S/C18H32O3/c1-4-7-15-8-10-16(11-9-15)12-13-17(14-19)18(20-5-2)21-6-3/h4,14-18H,1,5-13H2,2-3H3/t15-,16-,17?. The van der Waals surface area contributed by atoms with Gasteiger partial charge in [-0.3, -0.25) is 0 Å². The van der Waals surface area contributed by atoms with Gasteiger partial charge in [0.2, 0.25) is 0 Å². The third kappa shape index (κ3) is 6.75. The van der Waals surface area contributed by atoms with Gasteiger partial charge in [-0.2, -0.15) is 0 Å². The third-order valence-corrected chi connectivity index (χ3v) is 4.56. The minimum Gasteiger partial charge on any atom is -0.352 e. The van der Waals surface area contributed by atoms with E-state index in [0.717, 1.165) is 37.4 Å². The lowest BCUT2D eigenvalue weighted by molar-refractivity contribution is -0.170. The van der Waals surface area contributed by atoms with Crippen LogP contribution in [0.3, 0.4) is 0 Å². The second kappa shape index (κ2) is 11.0. The summed E-state index contributed by atoms with van der Waals surface area (Å²) in [4.78, 5) is 11.3. The highest BCUT2D eigenvalue weighted by molar-refractivity contribution is 5.54. The molecule has 3 heteroatoms. The van der Waals surface area contributed by atoms with Crippen LogP contribution in [0, 0.1) is 17.8 Å². The topological polar surface area (TPSA) is 35.5 Å². The summed E-state index contributed by atoms with van der Waals surface area (Å²) in [5.74, 6) is 1.47. The number of rotatable bonds is 11. The van der Waals surface area contributed by atoms with Gasteiger partial charge in [0.05, 0.1) is 5.92 Å². The quantitative estimate of drug-likeness (QED) is 0.323. The summed E-state index contributed by atoms with van der Waals surface area (Å²) >= 11 is 0. The highest BCUT2D eigenvalue weighted by Crippen LogP contribution is 2.34. The van der Waals surface area contributed by atoms with Crippen molar-refractivity contribution in [1.29, 1.82) is 0 Å². The Bertz CT molecular complexity index is 276. The maximum absolute atomic E-state index is 11.3. The zero-order chi connectivity index (χ0) is 15.5. The Labute approximate surface area is 130 Å². The zero-order valence-electron chi connectivity index (χ0n) is 13.8. The Morgan fingerprint density at radius 2 is 1.67 bits per heavy atom. The van der Waals surface area contributed by atoms with Crippen molar-refractivity contribution in [3.05, 3.63) is 12.7 Å². The van der Waals surface area contributed by atoms with Crippen LogP contribution in [-0.4, -0.2) is 25.8 Å². The van der Waals surface area contributed by atoms with Crippen LogP contribution in [0.5, 0.6) is 0 Å². The molecule has 0 aromatic heterocycles. The van der Waals surface area contributed by atoms with Gasteiger partial charge in [0.1, 0.15) is 6.29 Å². The Balaban J connectivity index is 2.34. The molecule has 1 saturated carbocycles. The van der Waals surface area contributed by atoms with Crippen LogP contribution in [0.25, 0.3) is 0 Å². The van der Waals surface area contributed by atoms with Crippen molar-refractivity contribution < 1.29 is 14.3 Å². The summed E-state index contributed by atoms with van der Waals surface area (Å²) in [6, 6.07) is 0. The molecule has 21 heavy (non-hydrogen) atoms. The average molecular weight is 296 g/mol. The van der Waals surface area contributed by atoms with Gasteiger partial charge in [-0.1, -0.05) is 18.9 Å². The van der Waals surface area contributed by atoms with Gasteiger partial charge in [-0.25, -0.2) is 0 Å². The van der Waals surface area contributed by atoms with Gasteiger partial charge in [0.15, 0.2) is 6.29 Å². The Kier molecular flexibility index (Phi) is 9.60. The molecular weight excluding hydrogens is 264 g/mol. The summed E-state index contributed by atoms with van der Waals surface area (Å²) in [7, 11) is 0. The number of carbonyl (C=O) groups excluding carboxylic acids is 1. The lowest BCUT2D eigenvalue weighted by atomic mass is 9.78. The van der Waals surface area contributed by atoms with E-state index < -0.39 is 0 Å². The van der Waals surface area contributed by atoms with Gasteiger partial charge < -0.3 is 14.3 Å². The molecule has 122 valence electrons. The fourth-order valence-corrected chi connectivity index (χ4v) is 3.31. The van der Waals surface area contributed by atoms with Crippen molar-refractivity contribution in [3.8, 4) is 0 Å². The van der Waals surface area contributed by atoms with Gasteiger partial charge in [0, 0.05) is 13.2 Å². The van der Waals surface area contributed by atoms with Gasteiger partial charge in [0.25, 0.3) is 0 Å². The molecule has 0 N–H and O–H groups in total. The van der Waals surface area contributed by atoms with Crippen molar-refractivity contribution in [1.82, 2.24) is 0 Å². The molecule has 0 bridgehead atoms. The van der Waals surface area contributed by atoms with E-state index in [4.69, 9.17) is 9.47 Å². The molecule has 3 nitrogen and oxygen atoms in total. The van der Waals surface area contributed by atoms with E-state index in [2.05, 4.69) is 6.58 Å². The van der Waals surface area contributed by atoms with Crippen LogP contribution in [0.15, 0.2) is 12.7 Å². The zero-order valence-corrected chi connectivity index (χ0v) is 13.8. The molecule has 1 aliphatic rings. The van der Waals surface area contributed by atoms with Crippen LogP contribution < -0.4 is 0 Å². The number of aldehydes is 1. The van der Waals surface area contributed by atoms with Crippen molar-refractivity contribution >= 4 is 6.29 Å². The molecule has 0 heterocycles. The SMILES string of the molecule is C=CC[C@H]1CC[C@H](CCC(C=O)C(OCC)OCC)CC1. The molecular formula is C18H32O3. The highest BCUT2D eigenvalue weighted by atomic mass is 16.7. The normalized spacial score (nSPS) is 24.0. The third-order valence-electron chi connectivity index (χ3n) is 4.56. The highest BCUT2D eigenvalue weighted by Gasteiger charge is 2.25. The minimum atomic E-state index is -0.366. The van der Waals surface area contributed by atoms with Crippen molar-refractivity contribution in [2.24, 2.45) is 17.8 Å². The van der Waals surface area contributed by atoms with Crippen molar-refractivity contribution in [2.75, 3.05) is 13.2 Å². The number of ether oxygens (including phenoxy) is 2. The first kappa shape index (κ1) is 18.4. The molecule has 0 radical (unpaired) electrons. The molecule has 0 saturated heterocycles. The largest absolute Gasteiger partial charge is 0.352 e. The number of hydrogen-bond donors (Lipinski definition) is 0. The molecule has 0 aromatic carbocycles. The van der Waals surface area contributed by atoms with E-state index >= 15 is 0 Å². The number of hydrogen-bond acceptors (Lipinski definition) is 3. The second-order valence-electron chi connectivity index (χ2n) is 6.07. The molecule has 1 atom stereocenters. The van der Waals surface area contributed by atoms with E-state index in [1.54, 1.807) is 0 Å². The first-order chi connectivity index (χ1) is 10.2. The molecule has 0 aromatic rings. The van der Waals surface area contributed by atoms with Crippen LogP contribution in [0.1, 0.15) is 58.8 Å². The fraction of sp³-hybridized carbons (Fsp3) is 0.833. The van der Waals surface area contributed by atoms with E-state index in [9.17, 15) is 4.79 Å². The van der Waals surface area contributed by atoms with Crippen molar-refractivity contribution in [2.45, 2.75) is 65.1 Å². The molecule has 1 rings (SSSR count). The smallest absolute Gasteiger partial charge is 0.166 e. The van der Waals surface area contributed by atoms with E-state index in [0.29, 0.717) is 13.2 Å². The summed E-state index contributed by atoms with van der Waals surface area (Å²) in [5.41, 5.74) is 0. The first-order valence-corrected chi connectivity index (χ1v) is 8.54. The lowest BCUT2D eigenvalue weighted by Gasteiger charge is -2.29. The minimum absolute atomic E-state index is 0.129. The van der Waals surface area contributed by atoms with E-state index in [-0.39, 0.29) is 12.2 Å². The first-order valence-electron chi connectivity index (χ1n) is 8.54. The van der Waals surface area contributed by atoms with E-state index in [1.807, 2.05) is 19.9 Å². The van der Waals surface area contributed by atoms with Gasteiger partial charge >= 0.3 is 0 Å². The average Bonchev–Trinajstić information content (AvgIpc) is 2.50. The van der Waals surface area contributed by atoms with Crippen LogP contribution in [-0.2, 0) is 14.3 Å². The maximum atomic E-state index is 11.3. The Hall–Kier alpha value is -0.670. The Morgan fingerprint density at radius 1 is 1.10 bits per heavy atom. The lowest BCUT2D eigenvalue weighted by Crippen LogP contribution is -2.29. The van der Waals surface area contributed by atoms with Crippen LogP contribution >= 0.6 is 0 Å². The summed E-state index contributed by atoms with van der Waals surface area (Å²) in [6.45, 7) is 8.88. The fourth-order valence-electron chi connectivity index (χ4n) is 3.31. The Morgan fingerprint density at radius 3 is 2.14 bits per heavy atom. The van der Waals surface area contributed by atoms with Gasteiger partial charge in [-0.15, -0.1) is 6.58 Å². The second-order valence-corrected chi connectivity index (χ2v) is 6.07. The summed E-state index contributed by atoms with van der Waals surface area (Å²) in [5, 5.41) is 0. The summed E-state index contributed by atoms with van der Waals surface area (Å²) in [6.07, 6.45) is 11.0. The summed E-state index contributed by atoms with van der Waals surface area (Å²) < 4.78 is 11.1. The molecule has 0 amide bonds. The molecule has 1 unspecified atom stereocenters. The molecule has 1 fully saturated rings. The monoisotopic (exact) mass is 296 g/mol. The number of allylic oxidation sites excluding steroid dienone is 1. The molecule has 0 aliphatic heterocycles. The van der Waals surface area contributed by atoms with Gasteiger partial charge in [-0.05, 0) is 57.8 Å². The number of carbonyl (C=O) groups is 1. The van der Waals surface area contributed by atoms with E-state index in [1.165, 1.54) is 25.7 Å². The predicted molar refractivity (Wildman–Crippen MR) is 86.1 cm³/mol. The molecule has 1 aliphatic carbocycles. The molecule has 0 spiro atoms. The van der Waals surface area contributed by atoms with Crippen LogP contribution in [0.4, 0.5) is 0 Å². The van der Waals surface area contributed by atoms with Crippen molar-refractivity contribution in [3.63, 3.8) is 0 Å².